The number of nitriles is 1. The molecule has 0 bridgehead atoms. The number of hydrogen-bond acceptors (Lipinski definition) is 5. The normalized spacial score (nSPS) is 12.1. The van der Waals surface area contributed by atoms with E-state index >= 15 is 0 Å². The average Bonchev–Trinajstić information content (AvgIpc) is 2.77. The van der Waals surface area contributed by atoms with Crippen molar-refractivity contribution in [2.45, 2.75) is 18.9 Å². The van der Waals surface area contributed by atoms with Crippen LogP contribution in [0, 0.1) is 16.7 Å². The van der Waals surface area contributed by atoms with E-state index < -0.39 is 32.3 Å². The molecule has 0 spiro atoms. The van der Waals surface area contributed by atoms with E-state index in [1.807, 2.05) is 6.07 Å². The SMILES string of the molecule is CC(C)(C#N)CNS(=O)(=O)c1ccc(C(=O)O)o1. The molecule has 0 radical (unpaired) electrons. The van der Waals surface area contributed by atoms with Gasteiger partial charge in [-0.1, -0.05) is 0 Å². The highest BCUT2D eigenvalue weighted by Gasteiger charge is 2.25. The summed E-state index contributed by atoms with van der Waals surface area (Å²) in [6.45, 7) is 3.04. The van der Waals surface area contributed by atoms with Crippen molar-refractivity contribution in [2.75, 3.05) is 6.54 Å². The summed E-state index contributed by atoms with van der Waals surface area (Å²) in [5, 5.41) is 16.9. The van der Waals surface area contributed by atoms with Gasteiger partial charge < -0.3 is 9.52 Å². The molecule has 0 aliphatic heterocycles. The van der Waals surface area contributed by atoms with Gasteiger partial charge in [-0.2, -0.15) is 5.26 Å². The number of rotatable bonds is 5. The first-order valence-corrected chi connectivity index (χ1v) is 6.40. The number of nitrogens with one attached hydrogen (secondary N) is 1. The molecule has 0 saturated heterocycles. The van der Waals surface area contributed by atoms with E-state index in [4.69, 9.17) is 10.4 Å². The summed E-state index contributed by atoms with van der Waals surface area (Å²) < 4.78 is 30.3. The molecular formula is C10H12N2O5S. The second-order valence-electron chi connectivity index (χ2n) is 4.24. The molecule has 0 atom stereocenters. The van der Waals surface area contributed by atoms with Crippen LogP contribution in [0.3, 0.4) is 0 Å². The fraction of sp³-hybridized carbons (Fsp3) is 0.400. The second-order valence-corrected chi connectivity index (χ2v) is 5.94. The predicted molar refractivity (Wildman–Crippen MR) is 60.2 cm³/mol. The lowest BCUT2D eigenvalue weighted by Crippen LogP contribution is -2.33. The van der Waals surface area contributed by atoms with E-state index in [-0.39, 0.29) is 6.54 Å². The van der Waals surface area contributed by atoms with Gasteiger partial charge in [0.05, 0.1) is 11.5 Å². The van der Waals surface area contributed by atoms with E-state index in [0.717, 1.165) is 12.1 Å². The molecule has 0 unspecified atom stereocenters. The number of carboxylic acid groups (broad SMARTS) is 1. The topological polar surface area (TPSA) is 120 Å². The van der Waals surface area contributed by atoms with Gasteiger partial charge in [-0.25, -0.2) is 17.9 Å². The van der Waals surface area contributed by atoms with Gasteiger partial charge in [0.25, 0.3) is 10.0 Å². The van der Waals surface area contributed by atoms with Crippen LogP contribution in [0.25, 0.3) is 0 Å². The van der Waals surface area contributed by atoms with Gasteiger partial charge in [0.15, 0.2) is 0 Å². The largest absolute Gasteiger partial charge is 0.475 e. The van der Waals surface area contributed by atoms with Crippen LogP contribution in [0.15, 0.2) is 21.6 Å². The maximum atomic E-state index is 11.7. The maximum absolute atomic E-state index is 11.7. The summed E-state index contributed by atoms with van der Waals surface area (Å²) in [5.74, 6) is -1.82. The number of nitrogens with zero attached hydrogens (tertiary/aromatic N) is 1. The van der Waals surface area contributed by atoms with Crippen molar-refractivity contribution >= 4 is 16.0 Å². The fourth-order valence-corrected chi connectivity index (χ4v) is 2.11. The Bertz CT molecular complexity index is 594. The summed E-state index contributed by atoms with van der Waals surface area (Å²) in [6.07, 6.45) is 0. The molecule has 0 saturated carbocycles. The Kier molecular flexibility index (Phi) is 3.79. The smallest absolute Gasteiger partial charge is 0.371 e. The molecule has 0 aromatic carbocycles. The molecule has 0 aliphatic rings. The van der Waals surface area contributed by atoms with Gasteiger partial charge in [-0.15, -0.1) is 0 Å². The zero-order valence-corrected chi connectivity index (χ0v) is 10.6. The van der Waals surface area contributed by atoms with Crippen molar-refractivity contribution in [1.82, 2.24) is 4.72 Å². The summed E-state index contributed by atoms with van der Waals surface area (Å²) in [5.41, 5.74) is -0.866. The molecule has 1 heterocycles. The van der Waals surface area contributed by atoms with E-state index in [1.165, 1.54) is 0 Å². The highest BCUT2D eigenvalue weighted by atomic mass is 32.2. The molecule has 18 heavy (non-hydrogen) atoms. The third-order valence-electron chi connectivity index (χ3n) is 2.06. The summed E-state index contributed by atoms with van der Waals surface area (Å²) in [6, 6.07) is 4.03. The Morgan fingerprint density at radius 3 is 2.61 bits per heavy atom. The summed E-state index contributed by atoms with van der Waals surface area (Å²) >= 11 is 0. The Hall–Kier alpha value is -1.85. The minimum Gasteiger partial charge on any atom is -0.475 e. The number of aromatic carboxylic acids is 1. The molecule has 0 fully saturated rings. The van der Waals surface area contributed by atoms with Crippen LogP contribution >= 0.6 is 0 Å². The Balaban J connectivity index is 2.87. The molecular weight excluding hydrogens is 260 g/mol. The third kappa shape index (κ3) is 3.32. The van der Waals surface area contributed by atoms with E-state index in [9.17, 15) is 13.2 Å². The first kappa shape index (κ1) is 14.2. The molecule has 2 N–H and O–H groups in total. The molecule has 1 aromatic rings. The zero-order valence-electron chi connectivity index (χ0n) is 9.80. The average molecular weight is 272 g/mol. The van der Waals surface area contributed by atoms with Crippen molar-refractivity contribution in [3.05, 3.63) is 17.9 Å². The van der Waals surface area contributed by atoms with Gasteiger partial charge in [0.1, 0.15) is 0 Å². The third-order valence-corrected chi connectivity index (χ3v) is 3.34. The lowest BCUT2D eigenvalue weighted by atomic mass is 9.97. The molecule has 1 rings (SSSR count). The van der Waals surface area contributed by atoms with Gasteiger partial charge in [0.2, 0.25) is 10.9 Å². The summed E-state index contributed by atoms with van der Waals surface area (Å²) in [4.78, 5) is 10.6. The van der Waals surface area contributed by atoms with Crippen molar-refractivity contribution in [1.29, 1.82) is 5.26 Å². The van der Waals surface area contributed by atoms with E-state index in [0.29, 0.717) is 0 Å². The second kappa shape index (κ2) is 4.80. The van der Waals surface area contributed by atoms with Crippen molar-refractivity contribution in [3.8, 4) is 6.07 Å². The molecule has 0 amide bonds. The zero-order chi connectivity index (χ0) is 14.0. The lowest BCUT2D eigenvalue weighted by Gasteiger charge is -2.14. The van der Waals surface area contributed by atoms with E-state index in [1.54, 1.807) is 13.8 Å². The van der Waals surface area contributed by atoms with Crippen LogP contribution in [0.4, 0.5) is 0 Å². The van der Waals surface area contributed by atoms with Crippen molar-refractivity contribution < 1.29 is 22.7 Å². The number of hydrogen-bond donors (Lipinski definition) is 2. The molecule has 0 aliphatic carbocycles. The van der Waals surface area contributed by atoms with E-state index in [2.05, 4.69) is 9.14 Å². The molecule has 7 nitrogen and oxygen atoms in total. The highest BCUT2D eigenvalue weighted by molar-refractivity contribution is 7.89. The van der Waals surface area contributed by atoms with Crippen LogP contribution in [0.1, 0.15) is 24.4 Å². The number of carboxylic acids is 1. The monoisotopic (exact) mass is 272 g/mol. The van der Waals surface area contributed by atoms with Crippen LogP contribution in [0.2, 0.25) is 0 Å². The minimum atomic E-state index is -3.95. The van der Waals surface area contributed by atoms with Crippen LogP contribution in [0.5, 0.6) is 0 Å². The van der Waals surface area contributed by atoms with Crippen molar-refractivity contribution in [2.24, 2.45) is 5.41 Å². The number of furan rings is 1. The Morgan fingerprint density at radius 1 is 1.56 bits per heavy atom. The fourth-order valence-electron chi connectivity index (χ4n) is 0.966. The summed E-state index contributed by atoms with van der Waals surface area (Å²) in [7, 11) is -3.95. The maximum Gasteiger partial charge on any atom is 0.371 e. The van der Waals surface area contributed by atoms with Crippen molar-refractivity contribution in [3.63, 3.8) is 0 Å². The Labute approximate surface area is 104 Å². The van der Waals surface area contributed by atoms with Gasteiger partial charge in [-0.3, -0.25) is 0 Å². The molecule has 8 heteroatoms. The van der Waals surface area contributed by atoms with Crippen LogP contribution in [-0.4, -0.2) is 26.0 Å². The number of carbonyl (C=O) groups is 1. The standard InChI is InChI=1S/C10H12N2O5S/c1-10(2,5-11)6-12-18(15,16)8-4-3-7(17-8)9(13)14/h3-4,12H,6H2,1-2H3,(H,13,14). The van der Waals surface area contributed by atoms with Gasteiger partial charge in [-0.05, 0) is 26.0 Å². The molecule has 1 aromatic heterocycles. The first-order valence-electron chi connectivity index (χ1n) is 4.92. The van der Waals surface area contributed by atoms with Gasteiger partial charge in [0, 0.05) is 6.54 Å². The van der Waals surface area contributed by atoms with Crippen LogP contribution < -0.4 is 4.72 Å². The predicted octanol–water partition coefficient (Wildman–Crippen LogP) is 0.806. The quantitative estimate of drug-likeness (QED) is 0.818. The first-order chi connectivity index (χ1) is 8.18. The number of sulfonamides is 1. The lowest BCUT2D eigenvalue weighted by molar-refractivity contribution is 0.0656. The molecule has 98 valence electrons. The highest BCUT2D eigenvalue weighted by Crippen LogP contribution is 2.16. The van der Waals surface area contributed by atoms with Crippen LogP contribution in [-0.2, 0) is 10.0 Å². The minimum absolute atomic E-state index is 0.102. The van der Waals surface area contributed by atoms with Gasteiger partial charge >= 0.3 is 5.97 Å². The Morgan fingerprint density at radius 2 is 2.17 bits per heavy atom.